The van der Waals surface area contributed by atoms with Crippen molar-refractivity contribution in [1.29, 1.82) is 0 Å². The standard InChI is InChI=1S/C16H22N4/c1-5-8-18-14-11-13(16(2,3)4)19-15(20-14)12-6-9-17-10-7-12/h6-7,9-11H,5,8H2,1-4H3,(H,18,19,20). The fraction of sp³-hybridized carbons (Fsp3) is 0.438. The van der Waals surface area contributed by atoms with Crippen LogP contribution in [0.5, 0.6) is 0 Å². The summed E-state index contributed by atoms with van der Waals surface area (Å²) in [4.78, 5) is 13.4. The van der Waals surface area contributed by atoms with Crippen LogP contribution < -0.4 is 5.32 Å². The average molecular weight is 270 g/mol. The van der Waals surface area contributed by atoms with Crippen LogP contribution in [0.25, 0.3) is 11.4 Å². The maximum Gasteiger partial charge on any atom is 0.161 e. The molecule has 2 aromatic rings. The Kier molecular flexibility index (Phi) is 4.32. The van der Waals surface area contributed by atoms with E-state index in [-0.39, 0.29) is 5.41 Å². The van der Waals surface area contributed by atoms with Crippen molar-refractivity contribution in [3.63, 3.8) is 0 Å². The van der Waals surface area contributed by atoms with Crippen molar-refractivity contribution in [2.75, 3.05) is 11.9 Å². The average Bonchev–Trinajstić information content (AvgIpc) is 2.45. The first-order valence-corrected chi connectivity index (χ1v) is 7.04. The lowest BCUT2D eigenvalue weighted by Gasteiger charge is -2.19. The van der Waals surface area contributed by atoms with Crippen LogP contribution in [-0.4, -0.2) is 21.5 Å². The molecule has 4 nitrogen and oxygen atoms in total. The predicted molar refractivity (Wildman–Crippen MR) is 82.7 cm³/mol. The topological polar surface area (TPSA) is 50.7 Å². The van der Waals surface area contributed by atoms with Gasteiger partial charge in [-0.05, 0) is 18.6 Å². The summed E-state index contributed by atoms with van der Waals surface area (Å²) in [5.41, 5.74) is 2.02. The molecule has 4 heteroatoms. The van der Waals surface area contributed by atoms with Crippen molar-refractivity contribution in [2.45, 2.75) is 39.5 Å². The third-order valence-corrected chi connectivity index (χ3v) is 2.99. The molecule has 0 saturated carbocycles. The number of anilines is 1. The van der Waals surface area contributed by atoms with Gasteiger partial charge in [0.1, 0.15) is 5.82 Å². The molecule has 0 atom stereocenters. The lowest BCUT2D eigenvalue weighted by atomic mass is 9.92. The lowest BCUT2D eigenvalue weighted by Crippen LogP contribution is -2.16. The molecule has 0 saturated heterocycles. The summed E-state index contributed by atoms with van der Waals surface area (Å²) in [6.07, 6.45) is 4.60. The Balaban J connectivity index is 2.46. The SMILES string of the molecule is CCCNc1cc(C(C)(C)C)nc(-c2ccncc2)n1. The molecular weight excluding hydrogens is 248 g/mol. The molecule has 0 aliphatic rings. The Morgan fingerprint density at radius 2 is 1.80 bits per heavy atom. The van der Waals surface area contributed by atoms with E-state index < -0.39 is 0 Å². The molecule has 0 bridgehead atoms. The number of nitrogens with zero attached hydrogens (tertiary/aromatic N) is 3. The van der Waals surface area contributed by atoms with E-state index in [1.165, 1.54) is 0 Å². The number of aromatic nitrogens is 3. The second-order valence-corrected chi connectivity index (χ2v) is 5.87. The fourth-order valence-electron chi connectivity index (χ4n) is 1.81. The quantitative estimate of drug-likeness (QED) is 0.921. The van der Waals surface area contributed by atoms with Crippen molar-refractivity contribution in [2.24, 2.45) is 0 Å². The normalized spacial score (nSPS) is 11.4. The molecule has 0 aromatic carbocycles. The van der Waals surface area contributed by atoms with Crippen LogP contribution in [0.3, 0.4) is 0 Å². The van der Waals surface area contributed by atoms with Crippen molar-refractivity contribution in [1.82, 2.24) is 15.0 Å². The van der Waals surface area contributed by atoms with Crippen LogP contribution in [0.15, 0.2) is 30.6 Å². The van der Waals surface area contributed by atoms with Gasteiger partial charge in [-0.3, -0.25) is 4.98 Å². The Hall–Kier alpha value is -1.97. The van der Waals surface area contributed by atoms with Gasteiger partial charge in [-0.15, -0.1) is 0 Å². The summed E-state index contributed by atoms with van der Waals surface area (Å²) in [5, 5.41) is 3.35. The van der Waals surface area contributed by atoms with Gasteiger partial charge in [0.15, 0.2) is 5.82 Å². The van der Waals surface area contributed by atoms with E-state index in [2.05, 4.69) is 43.0 Å². The summed E-state index contributed by atoms with van der Waals surface area (Å²) in [6, 6.07) is 5.91. The van der Waals surface area contributed by atoms with Crippen LogP contribution in [0.4, 0.5) is 5.82 Å². The number of pyridine rings is 1. The highest BCUT2D eigenvalue weighted by molar-refractivity contribution is 5.57. The molecule has 2 aromatic heterocycles. The minimum absolute atomic E-state index is 0.00658. The van der Waals surface area contributed by atoms with Crippen molar-refractivity contribution < 1.29 is 0 Å². The third kappa shape index (κ3) is 3.53. The van der Waals surface area contributed by atoms with E-state index >= 15 is 0 Å². The number of hydrogen-bond acceptors (Lipinski definition) is 4. The third-order valence-electron chi connectivity index (χ3n) is 2.99. The molecule has 0 unspecified atom stereocenters. The number of hydrogen-bond donors (Lipinski definition) is 1. The van der Waals surface area contributed by atoms with Gasteiger partial charge in [-0.2, -0.15) is 0 Å². The molecule has 0 spiro atoms. The van der Waals surface area contributed by atoms with E-state index in [4.69, 9.17) is 4.98 Å². The van der Waals surface area contributed by atoms with Gasteiger partial charge in [0, 0.05) is 36.0 Å². The zero-order chi connectivity index (χ0) is 14.6. The molecule has 106 valence electrons. The predicted octanol–water partition coefficient (Wildman–Crippen LogP) is 3.66. The Bertz CT molecular complexity index is 558. The molecule has 2 rings (SSSR count). The number of rotatable bonds is 4. The first kappa shape index (κ1) is 14.4. The molecule has 20 heavy (non-hydrogen) atoms. The van der Waals surface area contributed by atoms with Crippen molar-refractivity contribution >= 4 is 5.82 Å². The largest absolute Gasteiger partial charge is 0.370 e. The maximum atomic E-state index is 4.70. The molecule has 0 fully saturated rings. The molecule has 0 radical (unpaired) electrons. The minimum atomic E-state index is -0.00658. The van der Waals surface area contributed by atoms with Gasteiger partial charge in [-0.1, -0.05) is 27.7 Å². The summed E-state index contributed by atoms with van der Waals surface area (Å²) >= 11 is 0. The summed E-state index contributed by atoms with van der Waals surface area (Å²) in [5.74, 6) is 1.64. The van der Waals surface area contributed by atoms with E-state index in [0.29, 0.717) is 0 Å². The molecule has 1 N–H and O–H groups in total. The van der Waals surface area contributed by atoms with E-state index in [1.807, 2.05) is 18.2 Å². The summed E-state index contributed by atoms with van der Waals surface area (Å²) in [7, 11) is 0. The van der Waals surface area contributed by atoms with Crippen LogP contribution in [0.2, 0.25) is 0 Å². The molecule has 2 heterocycles. The molecule has 0 aliphatic carbocycles. The summed E-state index contributed by atoms with van der Waals surface area (Å²) in [6.45, 7) is 9.54. The van der Waals surface area contributed by atoms with Crippen LogP contribution in [0.1, 0.15) is 39.8 Å². The molecule has 0 aliphatic heterocycles. The Morgan fingerprint density at radius 1 is 1.10 bits per heavy atom. The van der Waals surface area contributed by atoms with Gasteiger partial charge in [-0.25, -0.2) is 9.97 Å². The lowest BCUT2D eigenvalue weighted by molar-refractivity contribution is 0.568. The zero-order valence-corrected chi connectivity index (χ0v) is 12.6. The monoisotopic (exact) mass is 270 g/mol. The highest BCUT2D eigenvalue weighted by Crippen LogP contribution is 2.25. The zero-order valence-electron chi connectivity index (χ0n) is 12.6. The van der Waals surface area contributed by atoms with Crippen LogP contribution in [-0.2, 0) is 5.41 Å². The van der Waals surface area contributed by atoms with Gasteiger partial charge in [0.05, 0.1) is 5.69 Å². The second-order valence-electron chi connectivity index (χ2n) is 5.87. The van der Waals surface area contributed by atoms with Gasteiger partial charge < -0.3 is 5.32 Å². The first-order chi connectivity index (χ1) is 9.50. The van der Waals surface area contributed by atoms with Crippen LogP contribution >= 0.6 is 0 Å². The van der Waals surface area contributed by atoms with E-state index in [0.717, 1.165) is 35.9 Å². The maximum absolute atomic E-state index is 4.70. The van der Waals surface area contributed by atoms with Gasteiger partial charge >= 0.3 is 0 Å². The highest BCUT2D eigenvalue weighted by Gasteiger charge is 2.18. The molecular formula is C16H22N4. The van der Waals surface area contributed by atoms with Crippen molar-refractivity contribution in [3.05, 3.63) is 36.3 Å². The Labute approximate surface area is 120 Å². The smallest absolute Gasteiger partial charge is 0.161 e. The first-order valence-electron chi connectivity index (χ1n) is 7.04. The minimum Gasteiger partial charge on any atom is -0.370 e. The van der Waals surface area contributed by atoms with Gasteiger partial charge in [0.2, 0.25) is 0 Å². The van der Waals surface area contributed by atoms with Crippen LogP contribution in [0, 0.1) is 0 Å². The van der Waals surface area contributed by atoms with Crippen molar-refractivity contribution in [3.8, 4) is 11.4 Å². The molecule has 0 amide bonds. The van der Waals surface area contributed by atoms with Gasteiger partial charge in [0.25, 0.3) is 0 Å². The highest BCUT2D eigenvalue weighted by atomic mass is 15.0. The second kappa shape index (κ2) is 5.99. The summed E-state index contributed by atoms with van der Waals surface area (Å²) < 4.78 is 0. The van der Waals surface area contributed by atoms with E-state index in [9.17, 15) is 0 Å². The number of nitrogens with one attached hydrogen (secondary N) is 1. The van der Waals surface area contributed by atoms with E-state index in [1.54, 1.807) is 12.4 Å². The Morgan fingerprint density at radius 3 is 2.40 bits per heavy atom. The fourth-order valence-corrected chi connectivity index (χ4v) is 1.81.